The molecular weight excluding hydrogens is 262 g/mol. The van der Waals surface area contributed by atoms with Gasteiger partial charge < -0.3 is 5.32 Å². The Balaban J connectivity index is 2.18. The maximum Gasteiger partial charge on any atom is 0.252 e. The molecule has 20 heavy (non-hydrogen) atoms. The minimum atomic E-state index is -0.920. The SMILES string of the molecule is N#CC1(NC(=O)c2cc(F)cc(F)c2)CCCCCC1. The molecule has 1 aliphatic rings. The maximum atomic E-state index is 13.1. The Morgan fingerprint density at radius 3 is 2.15 bits per heavy atom. The number of amides is 1. The fourth-order valence-electron chi connectivity index (χ4n) is 2.57. The molecule has 1 amide bonds. The summed E-state index contributed by atoms with van der Waals surface area (Å²) < 4.78 is 26.2. The van der Waals surface area contributed by atoms with Crippen LogP contribution in [0.25, 0.3) is 0 Å². The molecule has 1 N–H and O–H groups in total. The smallest absolute Gasteiger partial charge is 0.252 e. The number of carbonyl (C=O) groups is 1. The van der Waals surface area contributed by atoms with Gasteiger partial charge in [-0.05, 0) is 25.0 Å². The van der Waals surface area contributed by atoms with Gasteiger partial charge in [0.05, 0.1) is 6.07 Å². The Morgan fingerprint density at radius 1 is 1.10 bits per heavy atom. The Labute approximate surface area is 116 Å². The molecule has 5 heteroatoms. The summed E-state index contributed by atoms with van der Waals surface area (Å²) in [6.45, 7) is 0. The van der Waals surface area contributed by atoms with Crippen LogP contribution in [0, 0.1) is 23.0 Å². The molecule has 0 heterocycles. The molecule has 106 valence electrons. The average molecular weight is 278 g/mol. The van der Waals surface area contributed by atoms with Crippen molar-refractivity contribution in [3.8, 4) is 6.07 Å². The Bertz CT molecular complexity index is 523. The third-order valence-corrected chi connectivity index (χ3v) is 3.65. The lowest BCUT2D eigenvalue weighted by Crippen LogP contribution is -2.47. The molecule has 1 aromatic carbocycles. The summed E-state index contributed by atoms with van der Waals surface area (Å²) >= 11 is 0. The summed E-state index contributed by atoms with van der Waals surface area (Å²) in [4.78, 5) is 12.1. The molecule has 0 aliphatic heterocycles. The lowest BCUT2D eigenvalue weighted by molar-refractivity contribution is 0.0912. The van der Waals surface area contributed by atoms with E-state index >= 15 is 0 Å². The first kappa shape index (κ1) is 14.4. The molecule has 1 aromatic rings. The third kappa shape index (κ3) is 3.32. The molecular formula is C15H16F2N2O. The molecule has 1 aliphatic carbocycles. The first-order chi connectivity index (χ1) is 9.54. The second kappa shape index (κ2) is 6.00. The first-order valence-electron chi connectivity index (χ1n) is 6.74. The van der Waals surface area contributed by atoms with Gasteiger partial charge in [0.25, 0.3) is 5.91 Å². The van der Waals surface area contributed by atoms with E-state index in [2.05, 4.69) is 11.4 Å². The monoisotopic (exact) mass is 278 g/mol. The number of rotatable bonds is 2. The molecule has 1 fully saturated rings. The Morgan fingerprint density at radius 2 is 1.65 bits per heavy atom. The standard InChI is InChI=1S/C15H16F2N2O/c16-12-7-11(8-13(17)9-12)14(20)19-15(10-18)5-3-1-2-4-6-15/h7-9H,1-6H2,(H,19,20). The first-order valence-corrected chi connectivity index (χ1v) is 6.74. The second-order valence-corrected chi connectivity index (χ2v) is 5.22. The highest BCUT2D eigenvalue weighted by molar-refractivity contribution is 5.95. The third-order valence-electron chi connectivity index (χ3n) is 3.65. The molecule has 0 saturated heterocycles. The van der Waals surface area contributed by atoms with Crippen LogP contribution in [-0.2, 0) is 0 Å². The van der Waals surface area contributed by atoms with Crippen molar-refractivity contribution in [2.45, 2.75) is 44.1 Å². The number of benzene rings is 1. The minimum Gasteiger partial charge on any atom is -0.334 e. The zero-order valence-electron chi connectivity index (χ0n) is 11.1. The van der Waals surface area contributed by atoms with Crippen molar-refractivity contribution in [2.24, 2.45) is 0 Å². The molecule has 0 unspecified atom stereocenters. The van der Waals surface area contributed by atoms with Crippen LogP contribution in [0.4, 0.5) is 8.78 Å². The number of hydrogen-bond donors (Lipinski definition) is 1. The van der Waals surface area contributed by atoms with E-state index in [-0.39, 0.29) is 5.56 Å². The summed E-state index contributed by atoms with van der Waals surface area (Å²) in [6.07, 6.45) is 4.96. The predicted molar refractivity (Wildman–Crippen MR) is 69.9 cm³/mol. The van der Waals surface area contributed by atoms with Crippen LogP contribution in [0.2, 0.25) is 0 Å². The minimum absolute atomic E-state index is 0.0960. The summed E-state index contributed by atoms with van der Waals surface area (Å²) in [5, 5.41) is 12.0. The van der Waals surface area contributed by atoms with Gasteiger partial charge in [0.15, 0.2) is 0 Å². The van der Waals surface area contributed by atoms with Crippen LogP contribution < -0.4 is 5.32 Å². The van der Waals surface area contributed by atoms with E-state index in [1.165, 1.54) is 0 Å². The molecule has 1 saturated carbocycles. The fraction of sp³-hybridized carbons (Fsp3) is 0.467. The van der Waals surface area contributed by atoms with Crippen molar-refractivity contribution in [3.05, 3.63) is 35.4 Å². The fourth-order valence-corrected chi connectivity index (χ4v) is 2.57. The van der Waals surface area contributed by atoms with Crippen LogP contribution in [0.15, 0.2) is 18.2 Å². The zero-order valence-corrected chi connectivity index (χ0v) is 11.1. The van der Waals surface area contributed by atoms with Crippen molar-refractivity contribution in [3.63, 3.8) is 0 Å². The van der Waals surface area contributed by atoms with Gasteiger partial charge in [0.2, 0.25) is 0 Å². The van der Waals surface area contributed by atoms with Gasteiger partial charge in [0.1, 0.15) is 17.2 Å². The highest BCUT2D eigenvalue weighted by Gasteiger charge is 2.32. The van der Waals surface area contributed by atoms with E-state index in [1.807, 2.05) is 0 Å². The molecule has 0 radical (unpaired) electrons. The predicted octanol–water partition coefficient (Wildman–Crippen LogP) is 3.31. The van der Waals surface area contributed by atoms with Gasteiger partial charge in [-0.3, -0.25) is 4.79 Å². The van der Waals surface area contributed by atoms with Crippen molar-refractivity contribution in [1.82, 2.24) is 5.32 Å². The van der Waals surface area contributed by atoms with Crippen LogP contribution in [0.5, 0.6) is 0 Å². The van der Waals surface area contributed by atoms with Gasteiger partial charge >= 0.3 is 0 Å². The van der Waals surface area contributed by atoms with Gasteiger partial charge in [-0.1, -0.05) is 25.7 Å². The highest BCUT2D eigenvalue weighted by atomic mass is 19.1. The summed E-state index contributed by atoms with van der Waals surface area (Å²) in [6, 6.07) is 4.82. The highest BCUT2D eigenvalue weighted by Crippen LogP contribution is 2.27. The number of hydrogen-bond acceptors (Lipinski definition) is 2. The van der Waals surface area contributed by atoms with Crippen molar-refractivity contribution in [2.75, 3.05) is 0 Å². The maximum absolute atomic E-state index is 13.1. The van der Waals surface area contributed by atoms with Crippen molar-refractivity contribution < 1.29 is 13.6 Å². The van der Waals surface area contributed by atoms with Gasteiger partial charge in [-0.2, -0.15) is 5.26 Å². The molecule has 0 spiro atoms. The largest absolute Gasteiger partial charge is 0.334 e. The summed E-state index contributed by atoms with van der Waals surface area (Å²) in [7, 11) is 0. The number of nitrogens with zero attached hydrogens (tertiary/aromatic N) is 1. The number of nitriles is 1. The normalized spacial score (nSPS) is 17.9. The number of carbonyl (C=O) groups excluding carboxylic acids is 1. The van der Waals surface area contributed by atoms with E-state index < -0.39 is 23.1 Å². The zero-order chi connectivity index (χ0) is 14.6. The number of halogens is 2. The van der Waals surface area contributed by atoms with Gasteiger partial charge in [-0.15, -0.1) is 0 Å². The molecule has 0 atom stereocenters. The van der Waals surface area contributed by atoms with Gasteiger partial charge in [-0.25, -0.2) is 8.78 Å². The van der Waals surface area contributed by atoms with Gasteiger partial charge in [0, 0.05) is 11.6 Å². The summed E-state index contributed by atoms with van der Waals surface area (Å²) in [5.41, 5.74) is -1.02. The van der Waals surface area contributed by atoms with E-state index in [0.717, 1.165) is 37.8 Å². The van der Waals surface area contributed by atoms with E-state index in [4.69, 9.17) is 0 Å². The Kier molecular flexibility index (Phi) is 4.33. The molecule has 0 bridgehead atoms. The van der Waals surface area contributed by atoms with Crippen LogP contribution in [0.3, 0.4) is 0 Å². The van der Waals surface area contributed by atoms with Crippen molar-refractivity contribution in [1.29, 1.82) is 5.26 Å². The molecule has 0 aromatic heterocycles. The van der Waals surface area contributed by atoms with E-state index in [0.29, 0.717) is 18.9 Å². The quantitative estimate of drug-likeness (QED) is 0.844. The number of nitrogens with one attached hydrogen (secondary N) is 1. The lowest BCUT2D eigenvalue weighted by atomic mass is 9.91. The van der Waals surface area contributed by atoms with Crippen LogP contribution in [0.1, 0.15) is 48.9 Å². The Hall–Kier alpha value is -1.96. The van der Waals surface area contributed by atoms with E-state index in [1.54, 1.807) is 0 Å². The second-order valence-electron chi connectivity index (χ2n) is 5.22. The van der Waals surface area contributed by atoms with E-state index in [9.17, 15) is 18.8 Å². The van der Waals surface area contributed by atoms with Crippen LogP contribution in [-0.4, -0.2) is 11.4 Å². The van der Waals surface area contributed by atoms with Crippen LogP contribution >= 0.6 is 0 Å². The average Bonchev–Trinajstić information content (AvgIpc) is 2.64. The van der Waals surface area contributed by atoms with Crippen molar-refractivity contribution >= 4 is 5.91 Å². The topological polar surface area (TPSA) is 52.9 Å². The lowest BCUT2D eigenvalue weighted by Gasteiger charge is -2.26. The molecule has 3 nitrogen and oxygen atoms in total. The summed E-state index contributed by atoms with van der Waals surface area (Å²) in [5.74, 6) is -2.21. The molecule has 2 rings (SSSR count).